The van der Waals surface area contributed by atoms with Crippen LogP contribution in [0, 0.1) is 12.8 Å². The summed E-state index contributed by atoms with van der Waals surface area (Å²) in [6.45, 7) is 3.67. The summed E-state index contributed by atoms with van der Waals surface area (Å²) in [6.07, 6.45) is 2.06. The number of methoxy groups -OCH3 is 1. The van der Waals surface area contributed by atoms with E-state index in [9.17, 15) is 9.59 Å². The van der Waals surface area contributed by atoms with E-state index in [1.807, 2.05) is 60.4 Å². The Morgan fingerprint density at radius 2 is 1.93 bits per heavy atom. The fourth-order valence-corrected chi connectivity index (χ4v) is 3.61. The zero-order valence-corrected chi connectivity index (χ0v) is 16.6. The van der Waals surface area contributed by atoms with Gasteiger partial charge in [-0.3, -0.25) is 9.59 Å². The van der Waals surface area contributed by atoms with Crippen LogP contribution in [0.25, 0.3) is 0 Å². The molecule has 1 aliphatic rings. The molecule has 0 bridgehead atoms. The van der Waals surface area contributed by atoms with Gasteiger partial charge in [0.05, 0.1) is 19.4 Å². The van der Waals surface area contributed by atoms with Crippen molar-refractivity contribution in [2.75, 3.05) is 20.2 Å². The highest BCUT2D eigenvalue weighted by atomic mass is 16.5. The van der Waals surface area contributed by atoms with E-state index in [0.29, 0.717) is 19.5 Å². The number of aryl methyl sites for hydroxylation is 1. The SMILES string of the molecule is COc1cc(CNC(=O)C2CCCN(C(=O)Cc3ccccc3)C2)ccc1C. The van der Waals surface area contributed by atoms with Crippen LogP contribution < -0.4 is 10.1 Å². The minimum atomic E-state index is -0.152. The standard InChI is InChI=1S/C23H28N2O3/c1-17-10-11-19(13-21(17)28-2)15-24-23(27)20-9-6-12-25(16-20)22(26)14-18-7-4-3-5-8-18/h3-5,7-8,10-11,13,20H,6,9,12,14-16H2,1-2H3,(H,24,27). The Labute approximate surface area is 166 Å². The number of carbonyl (C=O) groups excluding carboxylic acids is 2. The van der Waals surface area contributed by atoms with Crippen LogP contribution in [-0.4, -0.2) is 36.9 Å². The van der Waals surface area contributed by atoms with Crippen molar-refractivity contribution in [3.05, 3.63) is 65.2 Å². The number of ether oxygens (including phenoxy) is 1. The Morgan fingerprint density at radius 1 is 1.14 bits per heavy atom. The molecular formula is C23H28N2O3. The van der Waals surface area contributed by atoms with Crippen LogP contribution in [0.5, 0.6) is 5.75 Å². The summed E-state index contributed by atoms with van der Waals surface area (Å²) in [7, 11) is 1.65. The van der Waals surface area contributed by atoms with Crippen molar-refractivity contribution in [2.24, 2.45) is 5.92 Å². The molecule has 0 aliphatic carbocycles. The van der Waals surface area contributed by atoms with Crippen LogP contribution in [0.1, 0.15) is 29.5 Å². The molecule has 1 aliphatic heterocycles. The maximum absolute atomic E-state index is 12.6. The topological polar surface area (TPSA) is 58.6 Å². The Kier molecular flexibility index (Phi) is 6.69. The number of amides is 2. The minimum absolute atomic E-state index is 0.0109. The first kappa shape index (κ1) is 19.9. The van der Waals surface area contributed by atoms with Crippen LogP contribution in [0.4, 0.5) is 0 Å². The van der Waals surface area contributed by atoms with E-state index < -0.39 is 0 Å². The number of carbonyl (C=O) groups is 2. The molecule has 2 aromatic carbocycles. The van der Waals surface area contributed by atoms with Gasteiger partial charge in [0.15, 0.2) is 0 Å². The summed E-state index contributed by atoms with van der Waals surface area (Å²) in [5.74, 6) is 0.770. The van der Waals surface area contributed by atoms with E-state index in [2.05, 4.69) is 5.32 Å². The van der Waals surface area contributed by atoms with Crippen LogP contribution in [-0.2, 0) is 22.6 Å². The lowest BCUT2D eigenvalue weighted by molar-refractivity contribution is -0.135. The van der Waals surface area contributed by atoms with Gasteiger partial charge in [0.2, 0.25) is 11.8 Å². The number of likely N-dealkylation sites (tertiary alicyclic amines) is 1. The number of nitrogens with zero attached hydrogens (tertiary/aromatic N) is 1. The number of hydrogen-bond acceptors (Lipinski definition) is 3. The quantitative estimate of drug-likeness (QED) is 0.838. The summed E-state index contributed by atoms with van der Waals surface area (Å²) >= 11 is 0. The predicted octanol–water partition coefficient (Wildman–Crippen LogP) is 3.10. The van der Waals surface area contributed by atoms with E-state index in [4.69, 9.17) is 4.74 Å². The lowest BCUT2D eigenvalue weighted by Gasteiger charge is -2.32. The molecular weight excluding hydrogens is 352 g/mol. The molecule has 5 heteroatoms. The molecule has 1 heterocycles. The average molecular weight is 380 g/mol. The van der Waals surface area contributed by atoms with Gasteiger partial charge in [-0.05, 0) is 42.5 Å². The molecule has 1 fully saturated rings. The Morgan fingerprint density at radius 3 is 2.68 bits per heavy atom. The first-order valence-electron chi connectivity index (χ1n) is 9.79. The van der Waals surface area contributed by atoms with E-state index in [1.54, 1.807) is 7.11 Å². The molecule has 28 heavy (non-hydrogen) atoms. The van der Waals surface area contributed by atoms with Gasteiger partial charge in [0.1, 0.15) is 5.75 Å². The van der Waals surface area contributed by atoms with Crippen molar-refractivity contribution >= 4 is 11.8 Å². The van der Waals surface area contributed by atoms with Crippen LogP contribution in [0.3, 0.4) is 0 Å². The summed E-state index contributed by atoms with van der Waals surface area (Å²) in [6, 6.07) is 15.7. The van der Waals surface area contributed by atoms with E-state index in [0.717, 1.165) is 41.8 Å². The summed E-state index contributed by atoms with van der Waals surface area (Å²) in [4.78, 5) is 27.1. The maximum atomic E-state index is 12.6. The first-order chi connectivity index (χ1) is 13.6. The zero-order valence-electron chi connectivity index (χ0n) is 16.6. The summed E-state index contributed by atoms with van der Waals surface area (Å²) in [5.41, 5.74) is 3.08. The van der Waals surface area contributed by atoms with Crippen molar-refractivity contribution in [1.29, 1.82) is 0 Å². The van der Waals surface area contributed by atoms with Crippen molar-refractivity contribution < 1.29 is 14.3 Å². The molecule has 1 atom stereocenters. The maximum Gasteiger partial charge on any atom is 0.227 e. The highest BCUT2D eigenvalue weighted by molar-refractivity contribution is 5.82. The van der Waals surface area contributed by atoms with Gasteiger partial charge >= 0.3 is 0 Å². The summed E-state index contributed by atoms with van der Waals surface area (Å²) in [5, 5.41) is 3.02. The Balaban J connectivity index is 1.53. The third kappa shape index (κ3) is 5.12. The first-order valence-corrected chi connectivity index (χ1v) is 9.79. The van der Waals surface area contributed by atoms with Crippen LogP contribution >= 0.6 is 0 Å². The highest BCUT2D eigenvalue weighted by Gasteiger charge is 2.28. The predicted molar refractivity (Wildman–Crippen MR) is 109 cm³/mol. The molecule has 1 N–H and O–H groups in total. The molecule has 3 rings (SSSR count). The monoisotopic (exact) mass is 380 g/mol. The van der Waals surface area contributed by atoms with Crippen molar-refractivity contribution in [3.8, 4) is 5.75 Å². The van der Waals surface area contributed by atoms with E-state index in [-0.39, 0.29) is 17.7 Å². The third-order valence-corrected chi connectivity index (χ3v) is 5.28. The van der Waals surface area contributed by atoms with Gasteiger partial charge < -0.3 is 15.0 Å². The smallest absolute Gasteiger partial charge is 0.227 e. The molecule has 148 valence electrons. The van der Waals surface area contributed by atoms with Crippen LogP contribution in [0.2, 0.25) is 0 Å². The second-order valence-corrected chi connectivity index (χ2v) is 7.36. The van der Waals surface area contributed by atoms with Gasteiger partial charge in [0, 0.05) is 19.6 Å². The molecule has 2 aromatic rings. The van der Waals surface area contributed by atoms with Crippen LogP contribution in [0.15, 0.2) is 48.5 Å². The molecule has 1 unspecified atom stereocenters. The lowest BCUT2D eigenvalue weighted by Crippen LogP contribution is -2.45. The van der Waals surface area contributed by atoms with Gasteiger partial charge in [-0.25, -0.2) is 0 Å². The van der Waals surface area contributed by atoms with Gasteiger partial charge in [-0.2, -0.15) is 0 Å². The number of nitrogens with one attached hydrogen (secondary N) is 1. The highest BCUT2D eigenvalue weighted by Crippen LogP contribution is 2.20. The van der Waals surface area contributed by atoms with E-state index >= 15 is 0 Å². The van der Waals surface area contributed by atoms with Gasteiger partial charge in [-0.15, -0.1) is 0 Å². The number of hydrogen-bond donors (Lipinski definition) is 1. The fourth-order valence-electron chi connectivity index (χ4n) is 3.61. The van der Waals surface area contributed by atoms with Crippen molar-refractivity contribution in [3.63, 3.8) is 0 Å². The number of benzene rings is 2. The largest absolute Gasteiger partial charge is 0.496 e. The summed E-state index contributed by atoms with van der Waals surface area (Å²) < 4.78 is 5.34. The Bertz CT molecular complexity index is 820. The zero-order chi connectivity index (χ0) is 19.9. The third-order valence-electron chi connectivity index (χ3n) is 5.28. The number of rotatable bonds is 6. The minimum Gasteiger partial charge on any atom is -0.496 e. The molecule has 5 nitrogen and oxygen atoms in total. The number of piperidine rings is 1. The molecule has 1 saturated heterocycles. The second-order valence-electron chi connectivity index (χ2n) is 7.36. The molecule has 0 spiro atoms. The average Bonchev–Trinajstić information content (AvgIpc) is 2.73. The van der Waals surface area contributed by atoms with Gasteiger partial charge in [-0.1, -0.05) is 42.5 Å². The van der Waals surface area contributed by atoms with Crippen molar-refractivity contribution in [1.82, 2.24) is 10.2 Å². The lowest BCUT2D eigenvalue weighted by atomic mass is 9.96. The molecule has 0 aromatic heterocycles. The van der Waals surface area contributed by atoms with Gasteiger partial charge in [0.25, 0.3) is 0 Å². The van der Waals surface area contributed by atoms with Crippen molar-refractivity contribution in [2.45, 2.75) is 32.7 Å². The van der Waals surface area contributed by atoms with E-state index in [1.165, 1.54) is 0 Å². The second kappa shape index (κ2) is 9.40. The molecule has 0 saturated carbocycles. The fraction of sp³-hybridized carbons (Fsp3) is 0.391. The Hall–Kier alpha value is -2.82. The normalized spacial score (nSPS) is 16.5. The molecule has 0 radical (unpaired) electrons. The molecule has 2 amide bonds.